The van der Waals surface area contributed by atoms with Crippen molar-refractivity contribution in [2.24, 2.45) is 4.99 Å². The Morgan fingerprint density at radius 2 is 1.78 bits per heavy atom. The maximum Gasteiger partial charge on any atom is 0.251 e. The lowest BCUT2D eigenvalue weighted by atomic mass is 10.1. The summed E-state index contributed by atoms with van der Waals surface area (Å²) in [6.45, 7) is 7.96. The normalized spacial score (nSPS) is 11.2. The Kier molecular flexibility index (Phi) is 7.79. The molecule has 0 atom stereocenters. The van der Waals surface area contributed by atoms with E-state index >= 15 is 0 Å². The van der Waals surface area contributed by atoms with Crippen LogP contribution in [0, 0.1) is 12.7 Å². The summed E-state index contributed by atoms with van der Waals surface area (Å²) in [7, 11) is 0. The molecule has 0 aliphatic carbocycles. The number of nitrogens with zero attached hydrogens (tertiary/aromatic N) is 1. The van der Waals surface area contributed by atoms with Crippen LogP contribution in [-0.2, 0) is 13.1 Å². The molecule has 0 unspecified atom stereocenters. The van der Waals surface area contributed by atoms with E-state index in [1.165, 1.54) is 6.07 Å². The van der Waals surface area contributed by atoms with Gasteiger partial charge in [-0.05, 0) is 55.7 Å². The van der Waals surface area contributed by atoms with Crippen molar-refractivity contribution in [1.82, 2.24) is 16.0 Å². The van der Waals surface area contributed by atoms with Gasteiger partial charge in [0, 0.05) is 25.2 Å². The van der Waals surface area contributed by atoms with Crippen molar-refractivity contribution < 1.29 is 9.18 Å². The van der Waals surface area contributed by atoms with Gasteiger partial charge in [0.15, 0.2) is 5.96 Å². The number of carbonyl (C=O) groups is 1. The summed E-state index contributed by atoms with van der Waals surface area (Å²) in [6.07, 6.45) is 0. The molecule has 144 valence electrons. The van der Waals surface area contributed by atoms with Gasteiger partial charge in [-0.3, -0.25) is 4.79 Å². The number of benzene rings is 2. The number of hydrogen-bond acceptors (Lipinski definition) is 2. The zero-order chi connectivity index (χ0) is 19.6. The van der Waals surface area contributed by atoms with E-state index in [9.17, 15) is 9.18 Å². The van der Waals surface area contributed by atoms with Crippen molar-refractivity contribution in [3.63, 3.8) is 0 Å². The van der Waals surface area contributed by atoms with E-state index in [0.717, 1.165) is 17.7 Å². The predicted molar refractivity (Wildman–Crippen MR) is 107 cm³/mol. The maximum absolute atomic E-state index is 13.4. The van der Waals surface area contributed by atoms with Crippen LogP contribution in [0.4, 0.5) is 4.39 Å². The molecule has 3 N–H and O–H groups in total. The summed E-state index contributed by atoms with van der Waals surface area (Å²) >= 11 is 0. The standard InChI is InChI=1S/C21H27FN4O/c1-4-23-20(27)18-8-6-7-16(12-18)13-25-21(24-5-2)26-14-17-9-10-19(22)15(3)11-17/h6-12H,4-5,13-14H2,1-3H3,(H,23,27)(H2,24,25,26). The third kappa shape index (κ3) is 6.40. The van der Waals surface area contributed by atoms with Gasteiger partial charge in [0.2, 0.25) is 0 Å². The Morgan fingerprint density at radius 3 is 2.48 bits per heavy atom. The number of guanidine groups is 1. The first-order chi connectivity index (χ1) is 13.0. The number of aryl methyl sites for hydroxylation is 1. The topological polar surface area (TPSA) is 65.5 Å². The predicted octanol–water partition coefficient (Wildman–Crippen LogP) is 3.14. The first-order valence-corrected chi connectivity index (χ1v) is 9.17. The molecular weight excluding hydrogens is 343 g/mol. The first-order valence-electron chi connectivity index (χ1n) is 9.17. The second-order valence-corrected chi connectivity index (χ2v) is 6.19. The summed E-state index contributed by atoms with van der Waals surface area (Å²) in [4.78, 5) is 16.5. The van der Waals surface area contributed by atoms with Crippen molar-refractivity contribution in [2.75, 3.05) is 13.1 Å². The van der Waals surface area contributed by atoms with Crippen molar-refractivity contribution >= 4 is 11.9 Å². The molecule has 0 fully saturated rings. The highest BCUT2D eigenvalue weighted by Crippen LogP contribution is 2.09. The number of rotatable bonds is 7. The van der Waals surface area contributed by atoms with Crippen LogP contribution >= 0.6 is 0 Å². The van der Waals surface area contributed by atoms with Crippen molar-refractivity contribution in [2.45, 2.75) is 33.9 Å². The largest absolute Gasteiger partial charge is 0.357 e. The van der Waals surface area contributed by atoms with Crippen LogP contribution < -0.4 is 16.0 Å². The van der Waals surface area contributed by atoms with Gasteiger partial charge in [0.05, 0.1) is 6.54 Å². The molecule has 1 amide bonds. The van der Waals surface area contributed by atoms with Crippen LogP contribution in [0.5, 0.6) is 0 Å². The first kappa shape index (κ1) is 20.4. The van der Waals surface area contributed by atoms with E-state index in [1.54, 1.807) is 19.1 Å². The third-order valence-corrected chi connectivity index (χ3v) is 3.97. The van der Waals surface area contributed by atoms with Gasteiger partial charge < -0.3 is 16.0 Å². The van der Waals surface area contributed by atoms with E-state index in [4.69, 9.17) is 0 Å². The summed E-state index contributed by atoms with van der Waals surface area (Å²) in [5.74, 6) is 0.384. The van der Waals surface area contributed by atoms with Gasteiger partial charge in [0.25, 0.3) is 5.91 Å². The minimum absolute atomic E-state index is 0.0833. The van der Waals surface area contributed by atoms with Crippen LogP contribution in [0.15, 0.2) is 47.5 Å². The molecule has 6 heteroatoms. The SMILES string of the molecule is CCNC(=O)c1cccc(CN=C(NCC)NCc2ccc(F)c(C)c2)c1. The van der Waals surface area contributed by atoms with Crippen molar-refractivity contribution in [1.29, 1.82) is 0 Å². The average molecular weight is 370 g/mol. The Hall–Kier alpha value is -2.89. The molecule has 0 saturated carbocycles. The highest BCUT2D eigenvalue weighted by atomic mass is 19.1. The Bertz CT molecular complexity index is 805. The van der Waals surface area contributed by atoms with E-state index in [1.807, 2.05) is 38.1 Å². The Morgan fingerprint density at radius 1 is 1.00 bits per heavy atom. The van der Waals surface area contributed by atoms with E-state index in [0.29, 0.717) is 36.7 Å². The summed E-state index contributed by atoms with van der Waals surface area (Å²) < 4.78 is 13.4. The van der Waals surface area contributed by atoms with Crippen LogP contribution in [0.2, 0.25) is 0 Å². The van der Waals surface area contributed by atoms with E-state index < -0.39 is 0 Å². The lowest BCUT2D eigenvalue weighted by molar-refractivity contribution is 0.0955. The van der Waals surface area contributed by atoms with Gasteiger partial charge in [0.1, 0.15) is 5.82 Å². The molecular formula is C21H27FN4O. The smallest absolute Gasteiger partial charge is 0.251 e. The lowest BCUT2D eigenvalue weighted by Crippen LogP contribution is -2.36. The zero-order valence-corrected chi connectivity index (χ0v) is 16.1. The Labute approximate surface area is 160 Å². The van der Waals surface area contributed by atoms with Gasteiger partial charge in [-0.25, -0.2) is 9.38 Å². The summed E-state index contributed by atoms with van der Waals surface area (Å²) in [5, 5.41) is 9.24. The molecule has 5 nitrogen and oxygen atoms in total. The molecule has 2 aromatic carbocycles. The maximum atomic E-state index is 13.4. The second kappa shape index (κ2) is 10.3. The van der Waals surface area contributed by atoms with Gasteiger partial charge >= 0.3 is 0 Å². The van der Waals surface area contributed by atoms with Crippen molar-refractivity contribution in [3.8, 4) is 0 Å². The van der Waals surface area contributed by atoms with Gasteiger partial charge in [-0.15, -0.1) is 0 Å². The fourth-order valence-electron chi connectivity index (χ4n) is 2.59. The molecule has 27 heavy (non-hydrogen) atoms. The molecule has 0 saturated heterocycles. The van der Waals surface area contributed by atoms with Crippen LogP contribution in [-0.4, -0.2) is 25.0 Å². The molecule has 0 radical (unpaired) electrons. The molecule has 0 bridgehead atoms. The lowest BCUT2D eigenvalue weighted by Gasteiger charge is -2.12. The Balaban J connectivity index is 2.03. The number of amides is 1. The van der Waals surface area contributed by atoms with Crippen molar-refractivity contribution in [3.05, 3.63) is 70.5 Å². The van der Waals surface area contributed by atoms with E-state index in [2.05, 4.69) is 20.9 Å². The number of halogens is 1. The molecule has 0 aromatic heterocycles. The van der Waals surface area contributed by atoms with Crippen LogP contribution in [0.3, 0.4) is 0 Å². The average Bonchev–Trinajstić information content (AvgIpc) is 2.67. The number of aliphatic imine (C=N–C) groups is 1. The zero-order valence-electron chi connectivity index (χ0n) is 16.1. The molecule has 0 aliphatic rings. The van der Waals surface area contributed by atoms with E-state index in [-0.39, 0.29) is 11.7 Å². The summed E-state index contributed by atoms with van der Waals surface area (Å²) in [6, 6.07) is 12.5. The monoisotopic (exact) mass is 370 g/mol. The quantitative estimate of drug-likeness (QED) is 0.518. The molecule has 2 aromatic rings. The number of hydrogen-bond donors (Lipinski definition) is 3. The van der Waals surface area contributed by atoms with Gasteiger partial charge in [-0.1, -0.05) is 24.3 Å². The fraction of sp³-hybridized carbons (Fsp3) is 0.333. The fourth-order valence-corrected chi connectivity index (χ4v) is 2.59. The molecule has 0 aliphatic heterocycles. The minimum atomic E-state index is -0.202. The van der Waals surface area contributed by atoms with Gasteiger partial charge in [-0.2, -0.15) is 0 Å². The third-order valence-electron chi connectivity index (χ3n) is 3.97. The molecule has 2 rings (SSSR count). The van der Waals surface area contributed by atoms with Crippen LogP contribution in [0.1, 0.15) is 40.9 Å². The summed E-state index contributed by atoms with van der Waals surface area (Å²) in [5.41, 5.74) is 3.19. The highest BCUT2D eigenvalue weighted by molar-refractivity contribution is 5.94. The number of nitrogens with one attached hydrogen (secondary N) is 3. The number of carbonyl (C=O) groups excluding carboxylic acids is 1. The van der Waals surface area contributed by atoms with Crippen LogP contribution in [0.25, 0.3) is 0 Å². The molecule has 0 heterocycles. The second-order valence-electron chi connectivity index (χ2n) is 6.19. The minimum Gasteiger partial charge on any atom is -0.357 e. The highest BCUT2D eigenvalue weighted by Gasteiger charge is 2.05. The molecule has 0 spiro atoms.